The zero-order valence-electron chi connectivity index (χ0n) is 72.2. The first-order valence-electron chi connectivity index (χ1n) is 43.1. The van der Waals surface area contributed by atoms with Crippen molar-refractivity contribution in [3.05, 3.63) is 102 Å². The van der Waals surface area contributed by atoms with E-state index in [0.29, 0.717) is 77.0 Å². The summed E-state index contributed by atoms with van der Waals surface area (Å²) < 4.78 is 0. The number of carbonyl (C=O) groups is 18. The van der Waals surface area contributed by atoms with Crippen LogP contribution in [-0.4, -0.2) is 311 Å². The van der Waals surface area contributed by atoms with Gasteiger partial charge in [-0.15, -0.1) is 11.8 Å². The molecule has 0 bridgehead atoms. The zero-order valence-corrected chi connectivity index (χ0v) is 73.0. The number of piperidine rings is 1. The molecule has 9 rings (SSSR count). The van der Waals surface area contributed by atoms with Crippen LogP contribution in [0.2, 0.25) is 0 Å². The number of nitrogens with one attached hydrogen (secondary N) is 12. The first kappa shape index (κ1) is 99.1. The molecule has 3 aromatic carbocycles. The van der Waals surface area contributed by atoms with Crippen LogP contribution in [0.15, 0.2) is 85.2 Å². The lowest BCUT2D eigenvalue weighted by molar-refractivity contribution is -0.149. The number of carboxylic acid groups (broad SMARTS) is 2. The Balaban J connectivity index is 1.06. The van der Waals surface area contributed by atoms with Crippen molar-refractivity contribution in [3.8, 4) is 5.75 Å². The minimum atomic E-state index is -1.89. The van der Waals surface area contributed by atoms with Gasteiger partial charge in [0, 0.05) is 106 Å². The molecule has 0 spiro atoms. The maximum Gasteiger partial charge on any atom is 0.305 e. The second-order valence-corrected chi connectivity index (χ2v) is 33.6. The number of fused-ring (bicyclic) bond motifs is 5. The molecule has 14 atom stereocenters. The van der Waals surface area contributed by atoms with Crippen LogP contribution >= 0.6 is 11.8 Å². The van der Waals surface area contributed by atoms with E-state index >= 15 is 28.8 Å². The summed E-state index contributed by atoms with van der Waals surface area (Å²) in [6, 6.07) is -2.17. The Morgan fingerprint density at radius 2 is 0.969 bits per heavy atom. The molecule has 694 valence electrons. The number of hydrogen-bond acceptors (Lipinski definition) is 22. The number of aliphatic hydroxyl groups is 1. The van der Waals surface area contributed by atoms with Crippen molar-refractivity contribution in [2.45, 2.75) is 227 Å². The highest BCUT2D eigenvalue weighted by Crippen LogP contribution is 2.28. The number of nitrogens with zero attached hydrogens (tertiary/aromatic N) is 5. The van der Waals surface area contributed by atoms with Crippen molar-refractivity contribution in [2.24, 2.45) is 11.5 Å². The number of likely N-dealkylation sites (N-methyl/N-ethyl adjacent to an activating group) is 2. The highest BCUT2D eigenvalue weighted by Gasteiger charge is 2.46. The number of hydrogen-bond donors (Lipinski definition) is 18. The number of aromatic amines is 2. The summed E-state index contributed by atoms with van der Waals surface area (Å²) in [6.07, 6.45) is 2.68. The lowest BCUT2D eigenvalue weighted by Gasteiger charge is -2.38. The Hall–Kier alpha value is -12.7. The summed E-state index contributed by atoms with van der Waals surface area (Å²) in [4.78, 5) is 271. The molecule has 0 saturated carbocycles. The number of aromatic nitrogens is 2. The molecule has 5 aromatic rings. The van der Waals surface area contributed by atoms with Crippen molar-refractivity contribution in [1.29, 1.82) is 0 Å². The van der Waals surface area contributed by atoms with Gasteiger partial charge < -0.3 is 120 Å². The molecular weight excluding hydrogens is 1680 g/mol. The smallest absolute Gasteiger partial charge is 0.305 e. The van der Waals surface area contributed by atoms with Crippen molar-refractivity contribution in [3.63, 3.8) is 0 Å². The molecule has 4 aliphatic rings. The molecule has 0 radical (unpaired) electrons. The number of thioether (sulfide) groups is 1. The number of phenols is 1. The van der Waals surface area contributed by atoms with Gasteiger partial charge >= 0.3 is 11.9 Å². The van der Waals surface area contributed by atoms with Crippen molar-refractivity contribution in [2.75, 3.05) is 64.9 Å². The van der Waals surface area contributed by atoms with Gasteiger partial charge in [-0.3, -0.25) is 86.3 Å². The molecule has 20 N–H and O–H groups in total. The number of aliphatic hydroxyl groups excluding tert-OH is 1. The Kier molecular flexibility index (Phi) is 36.5. The average molecular weight is 1800 g/mol. The van der Waals surface area contributed by atoms with E-state index in [9.17, 15) is 78.0 Å². The number of amides is 16. The quantitative estimate of drug-likeness (QED) is 0.0350. The number of nitrogens with two attached hydrogens (primary N) is 2. The van der Waals surface area contributed by atoms with Gasteiger partial charge in [-0.2, -0.15) is 0 Å². The van der Waals surface area contributed by atoms with E-state index < -0.39 is 242 Å². The second-order valence-electron chi connectivity index (χ2n) is 32.6. The van der Waals surface area contributed by atoms with E-state index in [1.165, 1.54) is 50.2 Å². The van der Waals surface area contributed by atoms with E-state index in [1.807, 2.05) is 13.8 Å². The number of carboxylic acids is 2. The summed E-state index contributed by atoms with van der Waals surface area (Å²) in [5.74, 6) is -19.1. The van der Waals surface area contributed by atoms with E-state index in [-0.39, 0.29) is 89.6 Å². The molecule has 128 heavy (non-hydrogen) atoms. The summed E-state index contributed by atoms with van der Waals surface area (Å²) in [5, 5.41) is 68.5. The van der Waals surface area contributed by atoms with E-state index in [2.05, 4.69) is 63.1 Å². The molecule has 2 aromatic heterocycles. The topological polar surface area (TPSA) is 608 Å². The number of aromatic hydroxyl groups is 1. The van der Waals surface area contributed by atoms with E-state index in [0.717, 1.165) is 31.4 Å². The third-order valence-corrected chi connectivity index (χ3v) is 24.4. The number of primary amides is 1. The fourth-order valence-corrected chi connectivity index (χ4v) is 17.2. The Labute approximate surface area is 742 Å². The van der Waals surface area contributed by atoms with Gasteiger partial charge in [-0.1, -0.05) is 88.1 Å². The first-order valence-corrected chi connectivity index (χ1v) is 44.2. The number of phenolic OH excluding ortho intramolecular Hbond substituents is 1. The normalized spacial score (nSPS) is 25.4. The van der Waals surface area contributed by atoms with Crippen LogP contribution in [0.5, 0.6) is 5.75 Å². The Morgan fingerprint density at radius 1 is 0.492 bits per heavy atom. The Morgan fingerprint density at radius 3 is 1.52 bits per heavy atom. The van der Waals surface area contributed by atoms with Gasteiger partial charge in [0.15, 0.2) is 0 Å². The van der Waals surface area contributed by atoms with Gasteiger partial charge in [-0.25, -0.2) is 0 Å². The standard InChI is InChI=1S/C86H117N19O22S/c1-6-8-22-64-78(119)92-47(3)73(114)100-63(74(115)91-43-69(88)108)45-128-46-70(109)93-58(36-48-27-29-51(107)30-28-48)84(125)103-33-15-14-24-65(103)80(121)97-60(39-72(112)113)85(126)105-35-17-26-67(105)81(122)98-61(40-87)76(117)94-56(31-32-71(110)111)83(124)104-34-16-25-66(104)79(120)95-57(37-49-41-89-54-20-12-10-18-52(49)54)75(116)99-62(44-106)77(118)96-59(38-50-42-90-55-21-13-11-19-53(50)55)82(123)102(5)68(23-9-7-2)86(127)101(64)4/h10-13,18-21,27-30,41-42,47,56-68,89-90,106-107H,6-9,14-17,22-26,31-40,43-46,87H2,1-5H3,(H2,88,108)(H,91,115)(H,92,119)(H,93,109)(H,94,117)(H,95,120)(H,96,118)(H,97,121)(H,98,122)(H,99,116)(H,100,114)(H,110,111)(H,112,113)/t47-,56-,57-,58-,59-,60-,61-,62-,63-,64-,65-,66-,67-,68-/m0/s1. The van der Waals surface area contributed by atoms with Crippen LogP contribution in [0.3, 0.4) is 0 Å². The van der Waals surface area contributed by atoms with Gasteiger partial charge in [0.25, 0.3) is 0 Å². The van der Waals surface area contributed by atoms with Crippen LogP contribution in [0.4, 0.5) is 0 Å². The van der Waals surface area contributed by atoms with Crippen LogP contribution < -0.4 is 64.6 Å². The molecule has 0 unspecified atom stereocenters. The molecule has 0 aliphatic carbocycles. The zero-order chi connectivity index (χ0) is 93.2. The monoisotopic (exact) mass is 1800 g/mol. The van der Waals surface area contributed by atoms with Crippen LogP contribution in [-0.2, 0) is 106 Å². The predicted molar refractivity (Wildman–Crippen MR) is 465 cm³/mol. The summed E-state index contributed by atoms with van der Waals surface area (Å²) in [5.41, 5.74) is 14.2. The van der Waals surface area contributed by atoms with Crippen molar-refractivity contribution < 1.29 is 107 Å². The number of para-hydroxylation sites is 2. The largest absolute Gasteiger partial charge is 0.508 e. The average Bonchev–Trinajstić information content (AvgIpc) is 1.74. The van der Waals surface area contributed by atoms with E-state index in [1.54, 1.807) is 60.9 Å². The minimum Gasteiger partial charge on any atom is -0.508 e. The molecule has 4 aliphatic heterocycles. The third-order valence-electron chi connectivity index (χ3n) is 23.4. The third kappa shape index (κ3) is 26.5. The van der Waals surface area contributed by atoms with Gasteiger partial charge in [0.1, 0.15) is 90.3 Å². The maximum atomic E-state index is 15.6. The van der Waals surface area contributed by atoms with Gasteiger partial charge in [0.2, 0.25) is 94.5 Å². The van der Waals surface area contributed by atoms with Crippen molar-refractivity contribution >= 4 is 140 Å². The minimum absolute atomic E-state index is 0.0140. The number of unbranched alkanes of at least 4 members (excludes halogenated alkanes) is 2. The summed E-state index contributed by atoms with van der Waals surface area (Å²) in [7, 11) is 2.69. The van der Waals surface area contributed by atoms with Gasteiger partial charge in [0.05, 0.1) is 25.3 Å². The van der Waals surface area contributed by atoms with E-state index in [4.69, 9.17) is 11.5 Å². The van der Waals surface area contributed by atoms with Crippen LogP contribution in [0.1, 0.15) is 140 Å². The summed E-state index contributed by atoms with van der Waals surface area (Å²) >= 11 is 0.783. The molecule has 4 saturated heterocycles. The SMILES string of the molecule is CCCC[C@H]1C(=O)N(C)[C@@H](CCCC)C(=O)N[C@@H](C)C(=O)N[C@H](C(=O)NCC(N)=O)CSCC(=O)N[C@@H](Cc2ccc(O)cc2)C(=O)N2CCCC[C@H]2C(=O)N[C@@H](CC(=O)O)C(=O)N2CCC[C@H]2C(=O)N[C@@H](CN)C(=O)N[C@@H](CCC(=O)O)C(=O)N2CCC[C@H]2C(=O)N[C@@H](Cc2c[nH]c3ccccc23)C(=O)N[C@@H](CO)C(=O)N[C@@H](Cc2c[nH]c3ccccc23)C(=O)N1C. The van der Waals surface area contributed by atoms with Gasteiger partial charge in [-0.05, 0) is 112 Å². The summed E-state index contributed by atoms with van der Waals surface area (Å²) in [6.45, 7) is 2.11. The molecule has 41 nitrogen and oxygen atoms in total. The molecule has 16 amide bonds. The highest BCUT2D eigenvalue weighted by molar-refractivity contribution is 8.00. The lowest BCUT2D eigenvalue weighted by atomic mass is 9.97. The maximum absolute atomic E-state index is 15.6. The predicted octanol–water partition coefficient (Wildman–Crippen LogP) is -2.20. The molecule has 6 heterocycles. The number of H-pyrrole nitrogens is 2. The number of benzene rings is 3. The Bertz CT molecular complexity index is 4870. The van der Waals surface area contributed by atoms with Crippen LogP contribution in [0, 0.1) is 0 Å². The number of carbonyl (C=O) groups excluding carboxylic acids is 16. The fourth-order valence-electron chi connectivity index (χ4n) is 16.4. The lowest BCUT2D eigenvalue weighted by Crippen LogP contribution is -2.62. The fraction of sp³-hybridized carbons (Fsp3) is 0.535. The first-order chi connectivity index (χ1) is 61.1. The number of aliphatic carboxylic acids is 2. The molecular formula is C86H117N19O22S. The molecule has 4 fully saturated rings. The number of rotatable bonds is 22. The second kappa shape index (κ2) is 47.2. The van der Waals surface area contributed by atoms with Crippen LogP contribution in [0.25, 0.3) is 21.8 Å². The van der Waals surface area contributed by atoms with Crippen molar-refractivity contribution in [1.82, 2.24) is 87.6 Å². The highest BCUT2D eigenvalue weighted by atomic mass is 32.2. The molecule has 42 heteroatoms.